The van der Waals surface area contributed by atoms with Crippen LogP contribution in [-0.4, -0.2) is 61.5 Å². The van der Waals surface area contributed by atoms with E-state index in [0.29, 0.717) is 18.2 Å². The summed E-state index contributed by atoms with van der Waals surface area (Å²) in [4.78, 5) is 17.1. The first kappa shape index (κ1) is 12.7. The van der Waals surface area contributed by atoms with Crippen molar-refractivity contribution in [2.45, 2.75) is 18.9 Å². The molecule has 3 N–H and O–H groups in total. The predicted molar refractivity (Wildman–Crippen MR) is 70.9 cm³/mol. The molecule has 0 aromatic carbocycles. The summed E-state index contributed by atoms with van der Waals surface area (Å²) in [6.07, 6.45) is 5.19. The number of rotatable bonds is 4. The number of anilines is 1. The van der Waals surface area contributed by atoms with Crippen LogP contribution in [0, 0.1) is 0 Å². The van der Waals surface area contributed by atoms with Gasteiger partial charge in [0, 0.05) is 19.1 Å². The fourth-order valence-corrected chi connectivity index (χ4v) is 2.44. The SMILES string of the molecule is NC(=O)CN1CCC(Nc2cncc3nnnn23)CC1. The van der Waals surface area contributed by atoms with Gasteiger partial charge >= 0.3 is 0 Å². The molecule has 0 bridgehead atoms. The molecule has 0 unspecified atom stereocenters. The van der Waals surface area contributed by atoms with Gasteiger partial charge < -0.3 is 11.1 Å². The van der Waals surface area contributed by atoms with E-state index in [1.165, 1.54) is 0 Å². The summed E-state index contributed by atoms with van der Waals surface area (Å²) in [6, 6.07) is 0.315. The number of aromatic nitrogens is 5. The summed E-state index contributed by atoms with van der Waals surface area (Å²) in [6.45, 7) is 2.02. The lowest BCUT2D eigenvalue weighted by Crippen LogP contribution is -2.43. The van der Waals surface area contributed by atoms with Gasteiger partial charge in [-0.15, -0.1) is 5.10 Å². The molecule has 0 spiro atoms. The Morgan fingerprint density at radius 1 is 1.40 bits per heavy atom. The maximum atomic E-state index is 10.9. The Labute approximate surface area is 115 Å². The molecule has 1 aliphatic rings. The molecule has 3 rings (SSSR count). The predicted octanol–water partition coefficient (Wildman–Crippen LogP) is -1.12. The monoisotopic (exact) mass is 276 g/mol. The van der Waals surface area contributed by atoms with Gasteiger partial charge in [0.1, 0.15) is 0 Å². The molecule has 9 nitrogen and oxygen atoms in total. The summed E-state index contributed by atoms with van der Waals surface area (Å²) in [5.74, 6) is 0.500. The average molecular weight is 276 g/mol. The highest BCUT2D eigenvalue weighted by Crippen LogP contribution is 2.15. The Balaban J connectivity index is 1.62. The third kappa shape index (κ3) is 2.67. The molecule has 9 heteroatoms. The Bertz CT molecular complexity index is 603. The topological polar surface area (TPSA) is 114 Å². The lowest BCUT2D eigenvalue weighted by molar-refractivity contribution is -0.119. The van der Waals surface area contributed by atoms with Crippen LogP contribution >= 0.6 is 0 Å². The number of carbonyl (C=O) groups is 1. The van der Waals surface area contributed by atoms with E-state index >= 15 is 0 Å². The lowest BCUT2D eigenvalue weighted by atomic mass is 10.1. The first-order valence-electron chi connectivity index (χ1n) is 6.51. The number of fused-ring (bicyclic) bond motifs is 1. The second-order valence-electron chi connectivity index (χ2n) is 4.90. The smallest absolute Gasteiger partial charge is 0.231 e. The normalized spacial score (nSPS) is 17.4. The number of hydrogen-bond donors (Lipinski definition) is 2. The summed E-state index contributed by atoms with van der Waals surface area (Å²) in [5.41, 5.74) is 5.81. The number of nitrogens with two attached hydrogens (primary N) is 1. The summed E-state index contributed by atoms with van der Waals surface area (Å²) < 4.78 is 1.63. The molecule has 2 aromatic rings. The molecule has 3 heterocycles. The van der Waals surface area contributed by atoms with Gasteiger partial charge in [-0.3, -0.25) is 14.7 Å². The van der Waals surface area contributed by atoms with E-state index in [2.05, 4.69) is 30.7 Å². The van der Waals surface area contributed by atoms with Crippen molar-refractivity contribution in [1.29, 1.82) is 0 Å². The molecule has 20 heavy (non-hydrogen) atoms. The van der Waals surface area contributed by atoms with Crippen molar-refractivity contribution in [2.24, 2.45) is 5.73 Å². The molecule has 1 aliphatic heterocycles. The quantitative estimate of drug-likeness (QED) is 0.727. The second-order valence-corrected chi connectivity index (χ2v) is 4.90. The highest BCUT2D eigenvalue weighted by atomic mass is 16.1. The maximum absolute atomic E-state index is 10.9. The highest BCUT2D eigenvalue weighted by Gasteiger charge is 2.20. The zero-order valence-electron chi connectivity index (χ0n) is 10.9. The largest absolute Gasteiger partial charge is 0.369 e. The van der Waals surface area contributed by atoms with Crippen LogP contribution < -0.4 is 11.1 Å². The van der Waals surface area contributed by atoms with Crippen molar-refractivity contribution in [1.82, 2.24) is 29.9 Å². The molecule has 0 saturated carbocycles. The van der Waals surface area contributed by atoms with E-state index in [0.717, 1.165) is 31.7 Å². The molecule has 1 fully saturated rings. The first-order valence-corrected chi connectivity index (χ1v) is 6.51. The van der Waals surface area contributed by atoms with Gasteiger partial charge in [0.05, 0.1) is 18.9 Å². The van der Waals surface area contributed by atoms with Gasteiger partial charge in [-0.25, -0.2) is 0 Å². The molecule has 0 aliphatic carbocycles. The van der Waals surface area contributed by atoms with Crippen molar-refractivity contribution in [3.05, 3.63) is 12.4 Å². The number of likely N-dealkylation sites (tertiary alicyclic amines) is 1. The molecule has 0 radical (unpaired) electrons. The molecule has 2 aromatic heterocycles. The Morgan fingerprint density at radius 2 is 2.20 bits per heavy atom. The van der Waals surface area contributed by atoms with E-state index in [-0.39, 0.29) is 5.91 Å². The minimum Gasteiger partial charge on any atom is -0.369 e. The molecule has 106 valence electrons. The standard InChI is InChI=1S/C11H16N8O/c12-9(20)7-18-3-1-8(2-4-18)14-10-5-13-6-11-15-16-17-19(10)11/h5-6,8,14H,1-4,7H2,(H2,12,20). The van der Waals surface area contributed by atoms with Crippen LogP contribution in [0.15, 0.2) is 12.4 Å². The van der Waals surface area contributed by atoms with Crippen LogP contribution in [0.5, 0.6) is 0 Å². The van der Waals surface area contributed by atoms with Gasteiger partial charge in [0.2, 0.25) is 5.91 Å². The van der Waals surface area contributed by atoms with E-state index in [1.807, 2.05) is 0 Å². The fraction of sp³-hybridized carbons (Fsp3) is 0.545. The molecular formula is C11H16N8O. The molecule has 1 amide bonds. The van der Waals surface area contributed by atoms with Crippen molar-refractivity contribution in [2.75, 3.05) is 25.0 Å². The highest BCUT2D eigenvalue weighted by molar-refractivity contribution is 5.75. The van der Waals surface area contributed by atoms with Gasteiger partial charge in [-0.1, -0.05) is 0 Å². The maximum Gasteiger partial charge on any atom is 0.231 e. The van der Waals surface area contributed by atoms with Crippen LogP contribution in [0.25, 0.3) is 5.65 Å². The van der Waals surface area contributed by atoms with Crippen LogP contribution in [0.1, 0.15) is 12.8 Å². The number of tetrazole rings is 1. The molecule has 0 atom stereocenters. The second kappa shape index (κ2) is 5.37. The summed E-state index contributed by atoms with van der Waals surface area (Å²) in [7, 11) is 0. The summed E-state index contributed by atoms with van der Waals surface area (Å²) in [5, 5.41) is 14.8. The number of hydrogen-bond acceptors (Lipinski definition) is 7. The van der Waals surface area contributed by atoms with Gasteiger partial charge in [-0.05, 0) is 23.3 Å². The zero-order valence-corrected chi connectivity index (χ0v) is 10.9. The van der Waals surface area contributed by atoms with Crippen LogP contribution in [0.4, 0.5) is 5.82 Å². The first-order chi connectivity index (χ1) is 9.72. The van der Waals surface area contributed by atoms with E-state index in [1.54, 1.807) is 16.9 Å². The number of amides is 1. The van der Waals surface area contributed by atoms with Gasteiger partial charge in [-0.2, -0.15) is 4.52 Å². The van der Waals surface area contributed by atoms with E-state index in [4.69, 9.17) is 5.73 Å². The summed E-state index contributed by atoms with van der Waals surface area (Å²) >= 11 is 0. The Hall–Kier alpha value is -2.29. The van der Waals surface area contributed by atoms with Crippen LogP contribution in [0.3, 0.4) is 0 Å². The Kier molecular flexibility index (Phi) is 3.42. The van der Waals surface area contributed by atoms with E-state index < -0.39 is 0 Å². The number of primary amides is 1. The number of carbonyl (C=O) groups excluding carboxylic acids is 1. The van der Waals surface area contributed by atoms with Crippen molar-refractivity contribution >= 4 is 17.4 Å². The zero-order chi connectivity index (χ0) is 13.9. The van der Waals surface area contributed by atoms with Gasteiger partial charge in [0.15, 0.2) is 11.5 Å². The minimum absolute atomic E-state index is 0.279. The number of piperidine rings is 1. The van der Waals surface area contributed by atoms with Crippen LogP contribution in [-0.2, 0) is 4.79 Å². The van der Waals surface area contributed by atoms with Gasteiger partial charge in [0.25, 0.3) is 0 Å². The lowest BCUT2D eigenvalue weighted by Gasteiger charge is -2.31. The Morgan fingerprint density at radius 3 is 2.95 bits per heavy atom. The van der Waals surface area contributed by atoms with Crippen molar-refractivity contribution < 1.29 is 4.79 Å². The van der Waals surface area contributed by atoms with Crippen LogP contribution in [0.2, 0.25) is 0 Å². The molecule has 1 saturated heterocycles. The minimum atomic E-state index is -0.279. The van der Waals surface area contributed by atoms with E-state index in [9.17, 15) is 4.79 Å². The van der Waals surface area contributed by atoms with Crippen molar-refractivity contribution in [3.8, 4) is 0 Å². The third-order valence-corrected chi connectivity index (χ3v) is 3.43. The average Bonchev–Trinajstić information content (AvgIpc) is 2.90. The third-order valence-electron chi connectivity index (χ3n) is 3.43. The molecular weight excluding hydrogens is 260 g/mol. The van der Waals surface area contributed by atoms with Crippen molar-refractivity contribution in [3.63, 3.8) is 0 Å². The number of nitrogens with one attached hydrogen (secondary N) is 1. The fourth-order valence-electron chi connectivity index (χ4n) is 2.44. The number of nitrogens with zero attached hydrogens (tertiary/aromatic N) is 6.